The maximum Gasteiger partial charge on any atom is -0.0381 e. The first-order valence-corrected chi connectivity index (χ1v) is 2.93. The molecule has 0 aromatic carbocycles. The molecule has 0 fully saturated rings. The number of unbranched alkanes of at least 4 members (excludes halogenated alkanes) is 1. The van der Waals surface area contributed by atoms with Crippen LogP contribution in [0.3, 0.4) is 0 Å². The van der Waals surface area contributed by atoms with E-state index in [9.17, 15) is 0 Å². The smallest absolute Gasteiger partial charge is 0.0381 e. The molecule has 0 bridgehead atoms. The van der Waals surface area contributed by atoms with Gasteiger partial charge in [0.15, 0.2) is 0 Å². The van der Waals surface area contributed by atoms with Crippen molar-refractivity contribution in [3.8, 4) is 0 Å². The predicted octanol–water partition coefficient (Wildman–Crippen LogP) is 2.28. The van der Waals surface area contributed by atoms with E-state index in [0.29, 0.717) is 0 Å². The summed E-state index contributed by atoms with van der Waals surface area (Å²) in [4.78, 5) is 0. The third kappa shape index (κ3) is 8.94. The van der Waals surface area contributed by atoms with Gasteiger partial charge in [-0.1, -0.05) is 19.8 Å². The maximum atomic E-state index is 2.70. The van der Waals surface area contributed by atoms with Gasteiger partial charge in [-0.25, -0.2) is 0 Å². The fourth-order valence-corrected chi connectivity index (χ4v) is 0.612. The molecule has 0 aliphatic carbocycles. The lowest BCUT2D eigenvalue weighted by atomic mass is 10.4. The second-order valence-corrected chi connectivity index (χ2v) is 1.72. The van der Waals surface area contributed by atoms with Crippen LogP contribution >= 0.6 is 33.2 Å². The first kappa shape index (κ1) is 10.2. The number of hydrogen-bond acceptors (Lipinski definition) is 0. The molecule has 6 heavy (non-hydrogen) atoms. The van der Waals surface area contributed by atoms with Gasteiger partial charge in [0.1, 0.15) is 0 Å². The monoisotopic (exact) mass is 218 g/mol. The third-order valence-corrected chi connectivity index (χ3v) is 0.966. The Balaban J connectivity index is 0. The summed E-state index contributed by atoms with van der Waals surface area (Å²) in [6.07, 6.45) is 3.94. The Hall–Kier alpha value is 1.16. The van der Waals surface area contributed by atoms with Crippen molar-refractivity contribution in [2.45, 2.75) is 19.8 Å². The third-order valence-electron chi connectivity index (χ3n) is 0.558. The molecule has 0 amide bonds. The first-order chi connectivity index (χ1) is 2.41. The van der Waals surface area contributed by atoms with Crippen molar-refractivity contribution in [2.75, 3.05) is 6.16 Å². The van der Waals surface area contributed by atoms with E-state index in [0.717, 1.165) is 0 Å². The summed E-state index contributed by atoms with van der Waals surface area (Å²) in [5.74, 6) is 0. The molecule has 0 heterocycles. The van der Waals surface area contributed by atoms with E-state index in [2.05, 4.69) is 16.2 Å². The topological polar surface area (TPSA) is 0 Å². The predicted molar refractivity (Wildman–Crippen MR) is 44.9 cm³/mol. The van der Waals surface area contributed by atoms with Crippen molar-refractivity contribution in [3.63, 3.8) is 0 Å². The van der Waals surface area contributed by atoms with Gasteiger partial charge in [0, 0.05) is 0 Å². The van der Waals surface area contributed by atoms with Gasteiger partial charge >= 0.3 is 0 Å². The van der Waals surface area contributed by atoms with E-state index >= 15 is 0 Å². The highest BCUT2D eigenvalue weighted by Crippen LogP contribution is 1.89. The Morgan fingerprint density at radius 2 is 2.00 bits per heavy atom. The zero-order valence-electron chi connectivity index (χ0n) is 4.11. The van der Waals surface area contributed by atoms with E-state index in [-0.39, 0.29) is 24.0 Å². The summed E-state index contributed by atoms with van der Waals surface area (Å²) in [5, 5.41) is 0. The number of rotatable bonds is 2. The van der Waals surface area contributed by atoms with Crippen molar-refractivity contribution in [3.05, 3.63) is 0 Å². The van der Waals surface area contributed by atoms with Crippen LogP contribution in [0.5, 0.6) is 0 Å². The van der Waals surface area contributed by atoms with E-state index in [1.807, 2.05) is 0 Å². The Bertz CT molecular complexity index is 15.0. The van der Waals surface area contributed by atoms with E-state index in [1.54, 1.807) is 0 Å². The van der Waals surface area contributed by atoms with Crippen LogP contribution in [0.25, 0.3) is 0 Å². The fraction of sp³-hybridized carbons (Fsp3) is 1.00. The van der Waals surface area contributed by atoms with Crippen LogP contribution in [0, 0.1) is 0 Å². The maximum absolute atomic E-state index is 2.70. The van der Waals surface area contributed by atoms with E-state index in [1.165, 1.54) is 19.0 Å². The molecule has 2 heteroatoms. The van der Waals surface area contributed by atoms with Crippen molar-refractivity contribution in [1.29, 1.82) is 0 Å². The average Bonchev–Trinajstić information content (AvgIpc) is 1.41. The van der Waals surface area contributed by atoms with Crippen LogP contribution in [-0.4, -0.2) is 6.16 Å². The van der Waals surface area contributed by atoms with Gasteiger partial charge in [-0.3, -0.25) is 0 Å². The van der Waals surface area contributed by atoms with Crippen molar-refractivity contribution in [2.24, 2.45) is 0 Å². The highest BCUT2D eigenvalue weighted by Gasteiger charge is 1.68. The van der Waals surface area contributed by atoms with Gasteiger partial charge in [-0.15, -0.1) is 33.2 Å². The first-order valence-electron chi connectivity index (χ1n) is 2.12. The van der Waals surface area contributed by atoms with Crippen LogP contribution in [0.2, 0.25) is 0 Å². The van der Waals surface area contributed by atoms with Crippen LogP contribution in [-0.2, 0) is 0 Å². The van der Waals surface area contributed by atoms with Gasteiger partial charge in [0.25, 0.3) is 0 Å². The van der Waals surface area contributed by atoms with Gasteiger partial charge in [0.05, 0.1) is 0 Å². The summed E-state index contributed by atoms with van der Waals surface area (Å²) in [7, 11) is 2.70. The van der Waals surface area contributed by atoms with Crippen LogP contribution < -0.4 is 0 Å². The minimum Gasteiger partial charge on any atom is -0.138 e. The molecule has 1 atom stereocenters. The Kier molecular flexibility index (Phi) is 16.1. The molecule has 0 saturated carbocycles. The van der Waals surface area contributed by atoms with Gasteiger partial charge in [-0.2, -0.15) is 0 Å². The molecule has 0 saturated heterocycles. The van der Waals surface area contributed by atoms with Gasteiger partial charge < -0.3 is 0 Å². The normalized spacial score (nSPS) is 7.00. The summed E-state index contributed by atoms with van der Waals surface area (Å²) in [6, 6.07) is 0. The lowest BCUT2D eigenvalue weighted by Gasteiger charge is -1.79. The lowest BCUT2D eigenvalue weighted by molar-refractivity contribution is 0.897. The molecule has 0 aromatic rings. The molecule has 0 aromatic heterocycles. The van der Waals surface area contributed by atoms with Crippen LogP contribution in [0.4, 0.5) is 0 Å². The largest absolute Gasteiger partial charge is 0.138 e. The fourth-order valence-electron chi connectivity index (χ4n) is 0.204. The molecule has 0 radical (unpaired) electrons. The van der Waals surface area contributed by atoms with E-state index < -0.39 is 0 Å². The molecule has 0 N–H and O–H groups in total. The minimum absolute atomic E-state index is 0. The summed E-state index contributed by atoms with van der Waals surface area (Å²) in [5.41, 5.74) is 0. The van der Waals surface area contributed by atoms with Crippen molar-refractivity contribution < 1.29 is 0 Å². The Labute approximate surface area is 59.3 Å². The summed E-state index contributed by atoms with van der Waals surface area (Å²) >= 11 is 0. The zero-order chi connectivity index (χ0) is 4.12. The molecule has 40 valence electrons. The van der Waals surface area contributed by atoms with Crippen LogP contribution in [0.1, 0.15) is 19.8 Å². The van der Waals surface area contributed by atoms with Gasteiger partial charge in [0.2, 0.25) is 0 Å². The number of hydrogen-bond donors (Lipinski definition) is 0. The Morgan fingerprint density at radius 1 is 1.50 bits per heavy atom. The second-order valence-electron chi connectivity index (χ2n) is 1.14. The number of halogens is 1. The SMILES string of the molecule is CCCCP.I. The van der Waals surface area contributed by atoms with Crippen LogP contribution in [0.15, 0.2) is 0 Å². The second kappa shape index (κ2) is 9.48. The molecular formula is C4H12IP. The molecule has 0 nitrogen and oxygen atoms in total. The van der Waals surface area contributed by atoms with Gasteiger partial charge in [-0.05, 0) is 6.16 Å². The van der Waals surface area contributed by atoms with E-state index in [4.69, 9.17) is 0 Å². The molecule has 0 rings (SSSR count). The highest BCUT2D eigenvalue weighted by atomic mass is 127. The molecule has 0 aliphatic rings. The minimum atomic E-state index is 0. The summed E-state index contributed by atoms with van der Waals surface area (Å²) in [6.45, 7) is 2.20. The average molecular weight is 218 g/mol. The molecule has 1 unspecified atom stereocenters. The van der Waals surface area contributed by atoms with Crippen molar-refractivity contribution >= 4 is 33.2 Å². The zero-order valence-corrected chi connectivity index (χ0v) is 7.59. The highest BCUT2D eigenvalue weighted by molar-refractivity contribution is 14.0. The molecule has 0 aliphatic heterocycles. The standard InChI is InChI=1S/C4H11P.HI/c1-2-3-4-5;/h2-5H2,1H3;1H. The Morgan fingerprint density at radius 3 is 2.00 bits per heavy atom. The summed E-state index contributed by atoms with van der Waals surface area (Å²) < 4.78 is 0. The van der Waals surface area contributed by atoms with Crippen molar-refractivity contribution in [1.82, 2.24) is 0 Å². The quantitative estimate of drug-likeness (QED) is 0.492. The lowest BCUT2D eigenvalue weighted by Crippen LogP contribution is -1.64. The molecule has 0 spiro atoms. The molecular weight excluding hydrogens is 206 g/mol.